The number of carbonyl (C=O) groups excluding carboxylic acids is 1. The summed E-state index contributed by atoms with van der Waals surface area (Å²) in [6.07, 6.45) is 5.12. The molecule has 0 saturated carbocycles. The fourth-order valence-electron chi connectivity index (χ4n) is 1.63. The maximum absolute atomic E-state index is 11.8. The summed E-state index contributed by atoms with van der Waals surface area (Å²) in [5.41, 5.74) is 0.782. The molecule has 0 fully saturated rings. The molecule has 2 rings (SSSR count). The van der Waals surface area contributed by atoms with Gasteiger partial charge in [-0.15, -0.1) is 11.5 Å². The van der Waals surface area contributed by atoms with Crippen LogP contribution in [0.3, 0.4) is 0 Å². The van der Waals surface area contributed by atoms with Gasteiger partial charge in [0.15, 0.2) is 0 Å². The second kappa shape index (κ2) is 7.47. The molecule has 1 unspecified atom stereocenters. The molecule has 0 spiro atoms. The van der Waals surface area contributed by atoms with Gasteiger partial charge in [0.1, 0.15) is 5.75 Å². The van der Waals surface area contributed by atoms with Crippen molar-refractivity contribution in [3.63, 3.8) is 0 Å². The van der Waals surface area contributed by atoms with Crippen molar-refractivity contribution in [1.82, 2.24) is 25.5 Å². The Balaban J connectivity index is 2.12. The Morgan fingerprint density at radius 3 is 2.86 bits per heavy atom. The number of tetrazole rings is 1. The number of amides is 1. The van der Waals surface area contributed by atoms with Crippen molar-refractivity contribution in [2.75, 3.05) is 13.7 Å². The number of nitrogens with zero attached hydrogens (tertiary/aromatic N) is 4. The van der Waals surface area contributed by atoms with Gasteiger partial charge in [-0.05, 0) is 41.6 Å². The number of terminal acetylenes is 1. The molecule has 114 valence electrons. The van der Waals surface area contributed by atoms with E-state index in [4.69, 9.17) is 11.2 Å². The standard InChI is InChI=1S/C14H15N5O2S/c1-4-9-15-13(20)10(2)22-14-16-17-18-19(14)11-5-7-12(21-3)8-6-11/h1,5-8,10H,9H2,2-3H3,(H,15,20). The second-order valence-electron chi connectivity index (χ2n) is 4.25. The maximum Gasteiger partial charge on any atom is 0.234 e. The molecule has 7 nitrogen and oxygen atoms in total. The van der Waals surface area contributed by atoms with Gasteiger partial charge in [0, 0.05) is 0 Å². The van der Waals surface area contributed by atoms with E-state index in [0.29, 0.717) is 5.16 Å². The predicted octanol–water partition coefficient (Wildman–Crippen LogP) is 0.901. The zero-order chi connectivity index (χ0) is 15.9. The first-order valence-electron chi connectivity index (χ1n) is 6.46. The van der Waals surface area contributed by atoms with Crippen molar-refractivity contribution in [3.05, 3.63) is 24.3 Å². The van der Waals surface area contributed by atoms with Crippen LogP contribution in [-0.4, -0.2) is 45.0 Å². The summed E-state index contributed by atoms with van der Waals surface area (Å²) in [6.45, 7) is 1.97. The highest BCUT2D eigenvalue weighted by Crippen LogP contribution is 2.23. The van der Waals surface area contributed by atoms with Gasteiger partial charge in [-0.3, -0.25) is 4.79 Å². The molecule has 1 amide bonds. The van der Waals surface area contributed by atoms with E-state index < -0.39 is 0 Å². The van der Waals surface area contributed by atoms with Gasteiger partial charge in [-0.2, -0.15) is 4.68 Å². The van der Waals surface area contributed by atoms with Crippen LogP contribution in [0.1, 0.15) is 6.92 Å². The van der Waals surface area contributed by atoms with E-state index >= 15 is 0 Å². The first-order chi connectivity index (χ1) is 10.7. The third-order valence-corrected chi connectivity index (χ3v) is 3.81. The van der Waals surface area contributed by atoms with E-state index in [2.05, 4.69) is 26.8 Å². The number of aromatic nitrogens is 4. The minimum absolute atomic E-state index is 0.160. The van der Waals surface area contributed by atoms with Crippen LogP contribution >= 0.6 is 11.8 Å². The quantitative estimate of drug-likeness (QED) is 0.630. The maximum atomic E-state index is 11.8. The lowest BCUT2D eigenvalue weighted by atomic mass is 10.3. The lowest BCUT2D eigenvalue weighted by molar-refractivity contribution is -0.120. The predicted molar refractivity (Wildman–Crippen MR) is 82.9 cm³/mol. The fraction of sp³-hybridized carbons (Fsp3) is 0.286. The van der Waals surface area contributed by atoms with Crippen LogP contribution in [0.15, 0.2) is 29.4 Å². The molecule has 2 aromatic rings. The van der Waals surface area contributed by atoms with E-state index in [-0.39, 0.29) is 17.7 Å². The number of hydrogen-bond acceptors (Lipinski definition) is 6. The van der Waals surface area contributed by atoms with Gasteiger partial charge in [0.25, 0.3) is 0 Å². The molecule has 0 radical (unpaired) electrons. The Morgan fingerprint density at radius 1 is 1.50 bits per heavy atom. The van der Waals surface area contributed by atoms with Crippen LogP contribution in [0.2, 0.25) is 0 Å². The number of thioether (sulfide) groups is 1. The Hall–Kier alpha value is -2.53. The minimum Gasteiger partial charge on any atom is -0.497 e. The number of nitrogens with one attached hydrogen (secondary N) is 1. The van der Waals surface area contributed by atoms with E-state index in [0.717, 1.165) is 11.4 Å². The van der Waals surface area contributed by atoms with Crippen LogP contribution in [0.4, 0.5) is 0 Å². The first-order valence-corrected chi connectivity index (χ1v) is 7.34. The molecular formula is C14H15N5O2S. The van der Waals surface area contributed by atoms with Crippen molar-refractivity contribution >= 4 is 17.7 Å². The van der Waals surface area contributed by atoms with Gasteiger partial charge < -0.3 is 10.1 Å². The van der Waals surface area contributed by atoms with Gasteiger partial charge in [-0.1, -0.05) is 17.7 Å². The number of carbonyl (C=O) groups is 1. The van der Waals surface area contributed by atoms with Crippen LogP contribution < -0.4 is 10.1 Å². The van der Waals surface area contributed by atoms with E-state index in [9.17, 15) is 4.79 Å². The highest BCUT2D eigenvalue weighted by Gasteiger charge is 2.18. The first kappa shape index (κ1) is 15.9. The van der Waals surface area contributed by atoms with Crippen molar-refractivity contribution in [2.45, 2.75) is 17.3 Å². The Kier molecular flexibility index (Phi) is 5.38. The SMILES string of the molecule is C#CCNC(=O)C(C)Sc1nnnn1-c1ccc(OC)cc1. The molecule has 0 aliphatic heterocycles. The molecule has 8 heteroatoms. The summed E-state index contributed by atoms with van der Waals surface area (Å²) in [5.74, 6) is 2.95. The molecule has 1 heterocycles. The lowest BCUT2D eigenvalue weighted by Crippen LogP contribution is -2.31. The topological polar surface area (TPSA) is 81.9 Å². The molecule has 1 aromatic heterocycles. The van der Waals surface area contributed by atoms with E-state index in [1.165, 1.54) is 11.8 Å². The molecular weight excluding hydrogens is 302 g/mol. The van der Waals surface area contributed by atoms with Crippen molar-refractivity contribution in [1.29, 1.82) is 0 Å². The molecule has 0 saturated heterocycles. The van der Waals surface area contributed by atoms with Crippen LogP contribution in [0.25, 0.3) is 5.69 Å². The number of methoxy groups -OCH3 is 1. The Morgan fingerprint density at radius 2 is 2.23 bits per heavy atom. The summed E-state index contributed by atoms with van der Waals surface area (Å²) >= 11 is 1.26. The van der Waals surface area contributed by atoms with E-state index in [1.54, 1.807) is 18.7 Å². The minimum atomic E-state index is -0.364. The number of hydrogen-bond donors (Lipinski definition) is 1. The Bertz CT molecular complexity index is 677. The molecule has 0 bridgehead atoms. The summed E-state index contributed by atoms with van der Waals surface area (Å²) in [4.78, 5) is 11.8. The van der Waals surface area contributed by atoms with Gasteiger partial charge in [0.2, 0.25) is 11.1 Å². The molecule has 22 heavy (non-hydrogen) atoms. The van der Waals surface area contributed by atoms with Crippen LogP contribution in [0, 0.1) is 12.3 Å². The molecule has 1 atom stereocenters. The van der Waals surface area contributed by atoms with Crippen molar-refractivity contribution in [3.8, 4) is 23.8 Å². The highest BCUT2D eigenvalue weighted by atomic mass is 32.2. The number of rotatable bonds is 6. The zero-order valence-corrected chi connectivity index (χ0v) is 13.0. The van der Waals surface area contributed by atoms with Gasteiger partial charge in [0.05, 0.1) is 24.6 Å². The smallest absolute Gasteiger partial charge is 0.234 e. The largest absolute Gasteiger partial charge is 0.497 e. The average molecular weight is 317 g/mol. The monoisotopic (exact) mass is 317 g/mol. The van der Waals surface area contributed by atoms with Crippen molar-refractivity contribution < 1.29 is 9.53 Å². The third kappa shape index (κ3) is 3.77. The Labute approximate surface area is 132 Å². The normalized spacial score (nSPS) is 11.5. The van der Waals surface area contributed by atoms with Crippen LogP contribution in [-0.2, 0) is 4.79 Å². The summed E-state index contributed by atoms with van der Waals surface area (Å²) in [5, 5.41) is 14.3. The zero-order valence-electron chi connectivity index (χ0n) is 12.2. The summed E-state index contributed by atoms with van der Waals surface area (Å²) < 4.78 is 6.68. The fourth-order valence-corrected chi connectivity index (χ4v) is 2.46. The number of benzene rings is 1. The highest BCUT2D eigenvalue weighted by molar-refractivity contribution is 8.00. The number of ether oxygens (including phenoxy) is 1. The van der Waals surface area contributed by atoms with E-state index in [1.807, 2.05) is 24.3 Å². The molecule has 1 N–H and O–H groups in total. The molecule has 1 aromatic carbocycles. The third-order valence-electron chi connectivity index (χ3n) is 2.77. The average Bonchev–Trinajstić information content (AvgIpc) is 3.00. The van der Waals surface area contributed by atoms with Gasteiger partial charge >= 0.3 is 0 Å². The second-order valence-corrected chi connectivity index (χ2v) is 5.56. The lowest BCUT2D eigenvalue weighted by Gasteiger charge is -2.10. The molecule has 0 aliphatic rings. The van der Waals surface area contributed by atoms with Gasteiger partial charge in [-0.25, -0.2) is 0 Å². The summed E-state index contributed by atoms with van der Waals surface area (Å²) in [7, 11) is 1.60. The van der Waals surface area contributed by atoms with Crippen molar-refractivity contribution in [2.24, 2.45) is 0 Å². The van der Waals surface area contributed by atoms with Crippen LogP contribution in [0.5, 0.6) is 5.75 Å². The summed E-state index contributed by atoms with van der Waals surface area (Å²) in [6, 6.07) is 7.30. The molecule has 0 aliphatic carbocycles.